The Labute approximate surface area is 127 Å². The van der Waals surface area contributed by atoms with Crippen molar-refractivity contribution in [3.8, 4) is 0 Å². The number of fused-ring (bicyclic) bond motifs is 1. The smallest absolute Gasteiger partial charge is 0.179 e. The van der Waals surface area contributed by atoms with E-state index in [1.165, 1.54) is 24.9 Å². The van der Waals surface area contributed by atoms with Gasteiger partial charge < -0.3 is 0 Å². The van der Waals surface area contributed by atoms with Crippen molar-refractivity contribution in [2.45, 2.75) is 51.7 Å². The Morgan fingerprint density at radius 1 is 1.24 bits per heavy atom. The van der Waals surface area contributed by atoms with Gasteiger partial charge in [0.1, 0.15) is 0 Å². The fraction of sp³-hybridized carbons (Fsp3) is 0.611. The first kappa shape index (κ1) is 14.7. The summed E-state index contributed by atoms with van der Waals surface area (Å²) < 4.78 is 0. The summed E-state index contributed by atoms with van der Waals surface area (Å²) in [5.74, 6) is 0.258. The summed E-state index contributed by atoms with van der Waals surface area (Å²) in [5, 5.41) is 0. The highest BCUT2D eigenvalue weighted by atomic mass is 16.1. The first-order chi connectivity index (χ1) is 10.1. The molecule has 3 atom stereocenters. The van der Waals surface area contributed by atoms with Crippen molar-refractivity contribution in [2.75, 3.05) is 19.6 Å². The Hall–Kier alpha value is -1.19. The van der Waals surface area contributed by atoms with Crippen LogP contribution in [0.2, 0.25) is 0 Å². The van der Waals surface area contributed by atoms with Crippen molar-refractivity contribution in [3.63, 3.8) is 0 Å². The lowest BCUT2D eigenvalue weighted by Crippen LogP contribution is -2.58. The van der Waals surface area contributed by atoms with Crippen molar-refractivity contribution < 1.29 is 4.79 Å². The van der Waals surface area contributed by atoms with Crippen molar-refractivity contribution in [1.29, 1.82) is 0 Å². The molecule has 2 fully saturated rings. The van der Waals surface area contributed by atoms with Gasteiger partial charge in [-0.05, 0) is 40.2 Å². The Bertz CT molecular complexity index is 510. The molecule has 3 heteroatoms. The van der Waals surface area contributed by atoms with E-state index in [0.29, 0.717) is 12.1 Å². The maximum Gasteiger partial charge on any atom is 0.179 e. The number of rotatable bonds is 3. The van der Waals surface area contributed by atoms with Gasteiger partial charge in [0.15, 0.2) is 5.78 Å². The zero-order chi connectivity index (χ0) is 15.0. The van der Waals surface area contributed by atoms with E-state index < -0.39 is 0 Å². The van der Waals surface area contributed by atoms with Crippen LogP contribution in [0.5, 0.6) is 0 Å². The lowest BCUT2D eigenvalue weighted by atomic mass is 9.99. The van der Waals surface area contributed by atoms with E-state index in [4.69, 9.17) is 0 Å². The van der Waals surface area contributed by atoms with Crippen LogP contribution in [-0.2, 0) is 0 Å². The van der Waals surface area contributed by atoms with E-state index in [1.54, 1.807) is 0 Å². The predicted octanol–water partition coefficient (Wildman–Crippen LogP) is 2.73. The SMILES string of the molecule is Cc1ccc(C(=O)C(C)N2CC3CCCN3CC2C)cc1. The molecule has 3 unspecified atom stereocenters. The van der Waals surface area contributed by atoms with Crippen molar-refractivity contribution >= 4 is 5.78 Å². The number of hydrogen-bond donors (Lipinski definition) is 0. The van der Waals surface area contributed by atoms with Gasteiger partial charge in [-0.25, -0.2) is 0 Å². The van der Waals surface area contributed by atoms with E-state index in [2.05, 4.69) is 30.6 Å². The zero-order valence-electron chi connectivity index (χ0n) is 13.4. The number of nitrogens with zero attached hydrogens (tertiary/aromatic N) is 2. The van der Waals surface area contributed by atoms with Gasteiger partial charge >= 0.3 is 0 Å². The molecule has 0 N–H and O–H groups in total. The maximum atomic E-state index is 12.7. The molecule has 1 aromatic rings. The molecule has 0 aliphatic carbocycles. The number of Topliss-reactive ketones (excluding diaryl/α,β-unsaturated/α-hetero) is 1. The molecule has 1 aromatic carbocycles. The van der Waals surface area contributed by atoms with E-state index in [1.807, 2.05) is 24.3 Å². The quantitative estimate of drug-likeness (QED) is 0.798. The number of aryl methyl sites for hydroxylation is 1. The van der Waals surface area contributed by atoms with Crippen LogP contribution < -0.4 is 0 Å². The fourth-order valence-electron chi connectivity index (χ4n) is 3.86. The highest BCUT2D eigenvalue weighted by Crippen LogP contribution is 2.26. The average Bonchev–Trinajstić information content (AvgIpc) is 2.93. The predicted molar refractivity (Wildman–Crippen MR) is 85.7 cm³/mol. The molecule has 3 rings (SSSR count). The topological polar surface area (TPSA) is 23.6 Å². The molecule has 114 valence electrons. The van der Waals surface area contributed by atoms with E-state index in [9.17, 15) is 4.79 Å². The molecule has 0 amide bonds. The third-order valence-corrected chi connectivity index (χ3v) is 5.20. The van der Waals surface area contributed by atoms with Gasteiger partial charge in [-0.15, -0.1) is 0 Å². The third-order valence-electron chi connectivity index (χ3n) is 5.20. The van der Waals surface area contributed by atoms with Gasteiger partial charge in [-0.1, -0.05) is 29.8 Å². The summed E-state index contributed by atoms with van der Waals surface area (Å²) >= 11 is 0. The van der Waals surface area contributed by atoms with E-state index in [0.717, 1.165) is 18.7 Å². The van der Waals surface area contributed by atoms with Gasteiger partial charge in [0, 0.05) is 30.7 Å². The Morgan fingerprint density at radius 2 is 1.95 bits per heavy atom. The number of ketones is 1. The molecule has 0 radical (unpaired) electrons. The molecule has 2 aliphatic rings. The van der Waals surface area contributed by atoms with Gasteiger partial charge in [0.05, 0.1) is 6.04 Å². The molecule has 0 spiro atoms. The summed E-state index contributed by atoms with van der Waals surface area (Å²) in [4.78, 5) is 17.8. The van der Waals surface area contributed by atoms with Gasteiger partial charge in [0.25, 0.3) is 0 Å². The lowest BCUT2D eigenvalue weighted by molar-refractivity contribution is 0.0311. The van der Waals surface area contributed by atoms with Gasteiger partial charge in [-0.2, -0.15) is 0 Å². The second-order valence-corrected chi connectivity index (χ2v) is 6.74. The maximum absolute atomic E-state index is 12.7. The highest BCUT2D eigenvalue weighted by molar-refractivity contribution is 5.99. The number of piperazine rings is 1. The van der Waals surface area contributed by atoms with Crippen LogP contribution in [0.4, 0.5) is 0 Å². The third kappa shape index (κ3) is 2.90. The Kier molecular flexibility index (Phi) is 4.14. The molecule has 3 nitrogen and oxygen atoms in total. The largest absolute Gasteiger partial charge is 0.298 e. The molecule has 0 saturated carbocycles. The van der Waals surface area contributed by atoms with Crippen molar-refractivity contribution in [2.24, 2.45) is 0 Å². The molecule has 2 aliphatic heterocycles. The number of hydrogen-bond acceptors (Lipinski definition) is 3. The van der Waals surface area contributed by atoms with E-state index in [-0.39, 0.29) is 11.8 Å². The lowest BCUT2D eigenvalue weighted by Gasteiger charge is -2.44. The minimum Gasteiger partial charge on any atom is -0.298 e. The minimum absolute atomic E-state index is 0.0227. The minimum atomic E-state index is -0.0227. The molecular weight excluding hydrogens is 260 g/mol. The summed E-state index contributed by atoms with van der Waals surface area (Å²) in [6.07, 6.45) is 2.60. The first-order valence-electron chi connectivity index (χ1n) is 8.17. The van der Waals surface area contributed by atoms with Gasteiger partial charge in [0.2, 0.25) is 0 Å². The number of benzene rings is 1. The Balaban J connectivity index is 1.73. The van der Waals surface area contributed by atoms with E-state index >= 15 is 0 Å². The van der Waals surface area contributed by atoms with Crippen LogP contribution in [0.3, 0.4) is 0 Å². The molecule has 0 aromatic heterocycles. The van der Waals surface area contributed by atoms with Gasteiger partial charge in [-0.3, -0.25) is 14.6 Å². The van der Waals surface area contributed by atoms with Crippen LogP contribution in [0.1, 0.15) is 42.6 Å². The standard InChI is InChI=1S/C18H26N2O/c1-13-6-8-16(9-7-13)18(21)15(3)20-12-17-5-4-10-19(17)11-14(20)2/h6-9,14-15,17H,4-5,10-12H2,1-3H3. The highest BCUT2D eigenvalue weighted by Gasteiger charge is 2.37. The van der Waals surface area contributed by atoms with Crippen LogP contribution in [0.25, 0.3) is 0 Å². The second-order valence-electron chi connectivity index (χ2n) is 6.74. The second kappa shape index (κ2) is 5.90. The van der Waals surface area contributed by atoms with Crippen molar-refractivity contribution in [1.82, 2.24) is 9.80 Å². The number of carbonyl (C=O) groups excluding carboxylic acids is 1. The summed E-state index contributed by atoms with van der Waals surface area (Å²) in [6, 6.07) is 9.08. The summed E-state index contributed by atoms with van der Waals surface area (Å²) in [6.45, 7) is 9.77. The van der Waals surface area contributed by atoms with Crippen LogP contribution in [-0.4, -0.2) is 53.3 Å². The average molecular weight is 286 g/mol. The summed E-state index contributed by atoms with van der Waals surface area (Å²) in [7, 11) is 0. The van der Waals surface area contributed by atoms with Crippen LogP contribution >= 0.6 is 0 Å². The molecule has 2 heterocycles. The van der Waals surface area contributed by atoms with Crippen LogP contribution in [0.15, 0.2) is 24.3 Å². The number of carbonyl (C=O) groups is 1. The molecule has 21 heavy (non-hydrogen) atoms. The zero-order valence-corrected chi connectivity index (χ0v) is 13.4. The summed E-state index contributed by atoms with van der Waals surface area (Å²) in [5.41, 5.74) is 2.04. The fourth-order valence-corrected chi connectivity index (χ4v) is 3.86. The Morgan fingerprint density at radius 3 is 2.67 bits per heavy atom. The van der Waals surface area contributed by atoms with Crippen LogP contribution in [0, 0.1) is 6.92 Å². The molecule has 2 saturated heterocycles. The monoisotopic (exact) mass is 286 g/mol. The normalized spacial score (nSPS) is 28.3. The first-order valence-corrected chi connectivity index (χ1v) is 8.17. The van der Waals surface area contributed by atoms with Crippen molar-refractivity contribution in [3.05, 3.63) is 35.4 Å². The molecular formula is C18H26N2O. The molecule has 0 bridgehead atoms.